The zero-order valence-electron chi connectivity index (χ0n) is 21.3. The van der Waals surface area contributed by atoms with Crippen LogP contribution in [-0.2, 0) is 0 Å². The molecule has 0 radical (unpaired) electrons. The van der Waals surface area contributed by atoms with Crippen LogP contribution in [-0.4, -0.2) is 23.1 Å². The highest BCUT2D eigenvalue weighted by molar-refractivity contribution is 7.74. The SMILES string of the molecule is Cc1ccc(P(c2ccc(C)cc2)C2C=CC=C2CP(C2CCCCC2)C2CCCCC2)cc1. The van der Waals surface area contributed by atoms with Crippen molar-refractivity contribution in [2.24, 2.45) is 0 Å². The summed E-state index contributed by atoms with van der Waals surface area (Å²) in [5, 5.41) is 3.07. The van der Waals surface area contributed by atoms with Crippen molar-refractivity contribution < 1.29 is 0 Å². The molecule has 3 aliphatic carbocycles. The van der Waals surface area contributed by atoms with Crippen LogP contribution in [0.15, 0.2) is 72.3 Å². The van der Waals surface area contributed by atoms with Crippen molar-refractivity contribution in [1.82, 2.24) is 0 Å². The van der Waals surface area contributed by atoms with Crippen molar-refractivity contribution in [2.75, 3.05) is 6.16 Å². The molecule has 0 aliphatic heterocycles. The fourth-order valence-corrected chi connectivity index (χ4v) is 13.1. The fourth-order valence-electron chi connectivity index (χ4n) is 6.38. The minimum Gasteiger partial charge on any atom is -0.0961 e. The molecule has 2 fully saturated rings. The Hall–Kier alpha value is -1.22. The Morgan fingerprint density at radius 3 is 1.59 bits per heavy atom. The lowest BCUT2D eigenvalue weighted by atomic mass is 9.99. The third kappa shape index (κ3) is 5.77. The van der Waals surface area contributed by atoms with Gasteiger partial charge in [-0.2, -0.15) is 0 Å². The van der Waals surface area contributed by atoms with E-state index in [1.165, 1.54) is 92.1 Å². The second-order valence-electron chi connectivity index (χ2n) is 10.9. The lowest BCUT2D eigenvalue weighted by Crippen LogP contribution is -2.26. The van der Waals surface area contributed by atoms with Crippen LogP contribution < -0.4 is 10.6 Å². The van der Waals surface area contributed by atoms with E-state index >= 15 is 0 Å². The van der Waals surface area contributed by atoms with Crippen molar-refractivity contribution in [3.63, 3.8) is 0 Å². The highest BCUT2D eigenvalue weighted by atomic mass is 31.1. The Balaban J connectivity index is 1.44. The molecule has 0 N–H and O–H groups in total. The van der Waals surface area contributed by atoms with E-state index in [-0.39, 0.29) is 7.92 Å². The number of benzene rings is 2. The van der Waals surface area contributed by atoms with Gasteiger partial charge in [0.15, 0.2) is 0 Å². The van der Waals surface area contributed by atoms with Crippen molar-refractivity contribution in [1.29, 1.82) is 0 Å². The lowest BCUT2D eigenvalue weighted by Gasteiger charge is -2.40. The Morgan fingerprint density at radius 2 is 1.12 bits per heavy atom. The predicted molar refractivity (Wildman–Crippen MR) is 155 cm³/mol. The van der Waals surface area contributed by atoms with Crippen molar-refractivity contribution >= 4 is 26.5 Å². The molecule has 2 saturated carbocycles. The summed E-state index contributed by atoms with van der Waals surface area (Å²) in [6.45, 7) is 4.42. The Bertz CT molecular complexity index is 909. The minimum atomic E-state index is -0.426. The molecule has 1 atom stereocenters. The van der Waals surface area contributed by atoms with Gasteiger partial charge in [-0.05, 0) is 75.5 Å². The van der Waals surface area contributed by atoms with Crippen LogP contribution in [0, 0.1) is 13.8 Å². The van der Waals surface area contributed by atoms with Gasteiger partial charge in [-0.15, -0.1) is 0 Å². The van der Waals surface area contributed by atoms with E-state index in [0.717, 1.165) is 11.3 Å². The first-order chi connectivity index (χ1) is 16.7. The third-order valence-electron chi connectivity index (χ3n) is 8.34. The first-order valence-corrected chi connectivity index (χ1v) is 16.8. The molecule has 0 heterocycles. The fraction of sp³-hybridized carbons (Fsp3) is 0.500. The number of hydrogen-bond acceptors (Lipinski definition) is 0. The van der Waals surface area contributed by atoms with E-state index in [0.29, 0.717) is 5.66 Å². The normalized spacial score (nSPS) is 22.0. The zero-order valence-corrected chi connectivity index (χ0v) is 23.0. The van der Waals surface area contributed by atoms with Crippen LogP contribution in [0.25, 0.3) is 0 Å². The van der Waals surface area contributed by atoms with E-state index in [1.54, 1.807) is 5.57 Å². The lowest BCUT2D eigenvalue weighted by molar-refractivity contribution is 0.484. The van der Waals surface area contributed by atoms with Gasteiger partial charge in [-0.25, -0.2) is 0 Å². The van der Waals surface area contributed by atoms with E-state index in [4.69, 9.17) is 0 Å². The summed E-state index contributed by atoms with van der Waals surface area (Å²) in [6.07, 6.45) is 23.8. The molecule has 0 amide bonds. The molecule has 2 aromatic carbocycles. The van der Waals surface area contributed by atoms with Gasteiger partial charge in [-0.3, -0.25) is 0 Å². The Morgan fingerprint density at radius 1 is 0.647 bits per heavy atom. The number of rotatable bonds is 7. The van der Waals surface area contributed by atoms with Gasteiger partial charge in [-0.1, -0.05) is 130 Å². The minimum absolute atomic E-state index is 0.0946. The average Bonchev–Trinajstić information content (AvgIpc) is 3.34. The Labute approximate surface area is 210 Å². The molecular weight excluding hydrogens is 446 g/mol. The first-order valence-electron chi connectivity index (χ1n) is 13.7. The van der Waals surface area contributed by atoms with Gasteiger partial charge in [0.25, 0.3) is 0 Å². The maximum Gasteiger partial charge on any atom is 0.0270 e. The van der Waals surface area contributed by atoms with Crippen LogP contribution in [0.2, 0.25) is 0 Å². The van der Waals surface area contributed by atoms with Crippen LogP contribution in [0.4, 0.5) is 0 Å². The predicted octanol–water partition coefficient (Wildman–Crippen LogP) is 8.75. The summed E-state index contributed by atoms with van der Waals surface area (Å²) in [6, 6.07) is 18.9. The van der Waals surface area contributed by atoms with Crippen LogP contribution >= 0.6 is 15.8 Å². The molecule has 0 spiro atoms. The van der Waals surface area contributed by atoms with Crippen LogP contribution in [0.1, 0.15) is 75.3 Å². The molecule has 0 saturated heterocycles. The molecule has 2 aromatic rings. The second kappa shape index (κ2) is 11.7. The van der Waals surface area contributed by atoms with Gasteiger partial charge in [0.1, 0.15) is 0 Å². The average molecular weight is 489 g/mol. The second-order valence-corrected chi connectivity index (χ2v) is 16.0. The van der Waals surface area contributed by atoms with Crippen molar-refractivity contribution in [2.45, 2.75) is 95.0 Å². The maximum atomic E-state index is 2.55. The third-order valence-corrected chi connectivity index (χ3v) is 14.7. The number of aryl methyl sites for hydroxylation is 2. The molecule has 5 rings (SSSR count). The van der Waals surface area contributed by atoms with Crippen LogP contribution in [0.3, 0.4) is 0 Å². The van der Waals surface area contributed by atoms with Crippen molar-refractivity contribution in [3.05, 3.63) is 83.5 Å². The summed E-state index contributed by atoms with van der Waals surface area (Å²) in [5.41, 5.74) is 7.10. The van der Waals surface area contributed by atoms with E-state index < -0.39 is 7.92 Å². The molecular formula is C32H42P2. The smallest absolute Gasteiger partial charge is 0.0270 e. The molecule has 34 heavy (non-hydrogen) atoms. The largest absolute Gasteiger partial charge is 0.0961 e. The first kappa shape index (κ1) is 24.5. The van der Waals surface area contributed by atoms with Gasteiger partial charge in [0.2, 0.25) is 0 Å². The summed E-state index contributed by atoms with van der Waals surface area (Å²) >= 11 is 0. The summed E-state index contributed by atoms with van der Waals surface area (Å²) in [5.74, 6) is 0. The monoisotopic (exact) mass is 488 g/mol. The topological polar surface area (TPSA) is 0 Å². The molecule has 1 unspecified atom stereocenters. The summed E-state index contributed by atoms with van der Waals surface area (Å²) < 4.78 is 0. The molecule has 180 valence electrons. The van der Waals surface area contributed by atoms with Gasteiger partial charge < -0.3 is 0 Å². The van der Waals surface area contributed by atoms with E-state index in [2.05, 4.69) is 80.6 Å². The molecule has 0 nitrogen and oxygen atoms in total. The van der Waals surface area contributed by atoms with E-state index in [1.807, 2.05) is 0 Å². The number of allylic oxidation sites excluding steroid dienone is 4. The van der Waals surface area contributed by atoms with Gasteiger partial charge in [0.05, 0.1) is 0 Å². The number of hydrogen-bond donors (Lipinski definition) is 0. The highest BCUT2D eigenvalue weighted by Gasteiger charge is 2.35. The molecule has 0 bridgehead atoms. The zero-order chi connectivity index (χ0) is 23.3. The molecule has 3 aliphatic rings. The molecule has 2 heteroatoms. The van der Waals surface area contributed by atoms with Gasteiger partial charge in [0, 0.05) is 5.66 Å². The Kier molecular flexibility index (Phi) is 8.40. The molecule has 0 aromatic heterocycles. The van der Waals surface area contributed by atoms with Gasteiger partial charge >= 0.3 is 0 Å². The summed E-state index contributed by atoms with van der Waals surface area (Å²) in [4.78, 5) is 0. The maximum absolute atomic E-state index is 2.55. The quantitative estimate of drug-likeness (QED) is 0.342. The van der Waals surface area contributed by atoms with Crippen LogP contribution in [0.5, 0.6) is 0 Å². The standard InChI is InChI=1S/C32H42P2/c1-25-16-20-30(21-17-25)34(31-22-18-26(2)19-23-31)32-15-9-10-27(32)24-33(28-11-5-3-6-12-28)29-13-7-4-8-14-29/h9-10,15-23,28-29,32H,3-8,11-14,24H2,1-2H3. The highest BCUT2D eigenvalue weighted by Crippen LogP contribution is 2.59. The van der Waals surface area contributed by atoms with E-state index in [9.17, 15) is 0 Å². The summed E-state index contributed by atoms with van der Waals surface area (Å²) in [7, 11) is -0.332. The van der Waals surface area contributed by atoms with Crippen molar-refractivity contribution in [3.8, 4) is 0 Å².